The molecule has 118 valence electrons. The Morgan fingerprint density at radius 2 is 2.19 bits per heavy atom. The fourth-order valence-electron chi connectivity index (χ4n) is 2.31. The summed E-state index contributed by atoms with van der Waals surface area (Å²) in [6, 6.07) is 4.07. The van der Waals surface area contributed by atoms with Crippen LogP contribution in [0.25, 0.3) is 0 Å². The number of thiophene rings is 1. The van der Waals surface area contributed by atoms with Gasteiger partial charge in [0.15, 0.2) is 5.88 Å². The molecule has 6 heteroatoms. The number of hydrogen-bond acceptors (Lipinski definition) is 4. The molecule has 1 aromatic rings. The Labute approximate surface area is 134 Å². The van der Waals surface area contributed by atoms with E-state index >= 15 is 0 Å². The lowest BCUT2D eigenvalue weighted by atomic mass is 10.2. The van der Waals surface area contributed by atoms with Crippen LogP contribution < -0.4 is 0 Å². The Kier molecular flexibility index (Phi) is 5.11. The van der Waals surface area contributed by atoms with Crippen molar-refractivity contribution in [1.29, 1.82) is 0 Å². The first-order chi connectivity index (χ1) is 9.78. The molecule has 0 radical (unpaired) electrons. The van der Waals surface area contributed by atoms with Gasteiger partial charge in [-0.15, -0.1) is 11.3 Å². The molecule has 2 heterocycles. The Bertz CT molecular complexity index is 508. The SMILES string of the molecule is C=C(OC(C)(C)C)N1CCN(S(=O)c2cccs2)C(C)C1. The largest absolute Gasteiger partial charge is 0.474 e. The van der Waals surface area contributed by atoms with Gasteiger partial charge in [0, 0.05) is 25.7 Å². The first-order valence-corrected chi connectivity index (χ1v) is 9.11. The van der Waals surface area contributed by atoms with E-state index in [4.69, 9.17) is 4.74 Å². The molecule has 2 rings (SSSR count). The molecule has 4 nitrogen and oxygen atoms in total. The average molecular weight is 329 g/mol. The maximum atomic E-state index is 12.6. The Morgan fingerprint density at radius 3 is 2.71 bits per heavy atom. The van der Waals surface area contributed by atoms with Crippen LogP contribution in [-0.2, 0) is 15.7 Å². The van der Waals surface area contributed by atoms with E-state index in [9.17, 15) is 4.21 Å². The molecule has 2 atom stereocenters. The van der Waals surface area contributed by atoms with E-state index in [0.29, 0.717) is 5.88 Å². The van der Waals surface area contributed by atoms with Crippen LogP contribution in [-0.4, -0.2) is 44.7 Å². The molecule has 0 aromatic carbocycles. The van der Waals surface area contributed by atoms with Gasteiger partial charge in [-0.1, -0.05) is 6.07 Å². The molecule has 1 aliphatic rings. The molecule has 0 aliphatic carbocycles. The van der Waals surface area contributed by atoms with Gasteiger partial charge in [-0.2, -0.15) is 0 Å². The Hall–Kier alpha value is -0.850. The third-order valence-corrected chi connectivity index (χ3v) is 6.05. The van der Waals surface area contributed by atoms with Crippen molar-refractivity contribution in [2.24, 2.45) is 0 Å². The third kappa shape index (κ3) is 4.31. The van der Waals surface area contributed by atoms with Crippen molar-refractivity contribution in [1.82, 2.24) is 9.21 Å². The van der Waals surface area contributed by atoms with Crippen LogP contribution in [0.5, 0.6) is 0 Å². The van der Waals surface area contributed by atoms with Crippen LogP contribution in [0.4, 0.5) is 0 Å². The van der Waals surface area contributed by atoms with Crippen LogP contribution in [0, 0.1) is 0 Å². The maximum absolute atomic E-state index is 12.6. The van der Waals surface area contributed by atoms with Gasteiger partial charge < -0.3 is 9.64 Å². The van der Waals surface area contributed by atoms with Crippen molar-refractivity contribution in [3.63, 3.8) is 0 Å². The first-order valence-electron chi connectivity index (χ1n) is 7.13. The second kappa shape index (κ2) is 6.50. The minimum absolute atomic E-state index is 0.196. The molecule has 0 bridgehead atoms. The third-order valence-electron chi connectivity index (χ3n) is 3.22. The van der Waals surface area contributed by atoms with E-state index in [1.165, 1.54) is 0 Å². The molecule has 21 heavy (non-hydrogen) atoms. The van der Waals surface area contributed by atoms with Crippen molar-refractivity contribution in [2.45, 2.75) is 43.5 Å². The number of nitrogens with zero attached hydrogens (tertiary/aromatic N) is 2. The zero-order valence-electron chi connectivity index (χ0n) is 13.2. The molecule has 0 spiro atoms. The molecular formula is C15H24N2O2S2. The lowest BCUT2D eigenvalue weighted by molar-refractivity contribution is -0.00961. The predicted octanol–water partition coefficient (Wildman–Crippen LogP) is 3.06. The van der Waals surface area contributed by atoms with Crippen molar-refractivity contribution < 1.29 is 8.95 Å². The van der Waals surface area contributed by atoms with E-state index in [-0.39, 0.29) is 11.6 Å². The van der Waals surface area contributed by atoms with Gasteiger partial charge in [-0.3, -0.25) is 0 Å². The molecule has 1 saturated heterocycles. The molecule has 0 amide bonds. The molecule has 0 N–H and O–H groups in total. The summed E-state index contributed by atoms with van der Waals surface area (Å²) in [5.41, 5.74) is -0.239. The smallest absolute Gasteiger partial charge is 0.182 e. The first kappa shape index (κ1) is 16.5. The maximum Gasteiger partial charge on any atom is 0.182 e. The fourth-order valence-corrected chi connectivity index (χ4v) is 4.61. The number of piperazine rings is 1. The highest BCUT2D eigenvalue weighted by molar-refractivity contribution is 7.85. The van der Waals surface area contributed by atoms with E-state index < -0.39 is 11.0 Å². The molecule has 0 saturated carbocycles. The van der Waals surface area contributed by atoms with Crippen LogP contribution in [0.3, 0.4) is 0 Å². The van der Waals surface area contributed by atoms with Gasteiger partial charge in [0.05, 0.1) is 0 Å². The quantitative estimate of drug-likeness (QED) is 0.796. The van der Waals surface area contributed by atoms with Gasteiger partial charge in [0.2, 0.25) is 0 Å². The van der Waals surface area contributed by atoms with Crippen molar-refractivity contribution in [3.05, 3.63) is 30.0 Å². The number of hydrogen-bond donors (Lipinski definition) is 0. The summed E-state index contributed by atoms with van der Waals surface area (Å²) in [4.78, 5) is 2.14. The molecule has 1 fully saturated rings. The second-order valence-corrected chi connectivity index (χ2v) is 8.84. The normalized spacial score (nSPS) is 22.1. The van der Waals surface area contributed by atoms with Crippen molar-refractivity contribution in [2.75, 3.05) is 19.6 Å². The zero-order chi connectivity index (χ0) is 15.6. The second-order valence-electron chi connectivity index (χ2n) is 6.23. The van der Waals surface area contributed by atoms with Crippen LogP contribution in [0.15, 0.2) is 34.2 Å². The minimum Gasteiger partial charge on any atom is -0.474 e. The van der Waals surface area contributed by atoms with E-state index in [1.807, 2.05) is 42.6 Å². The number of ether oxygens (including phenoxy) is 1. The van der Waals surface area contributed by atoms with Crippen LogP contribution in [0.1, 0.15) is 27.7 Å². The van der Waals surface area contributed by atoms with Gasteiger partial charge >= 0.3 is 0 Å². The fraction of sp³-hybridized carbons (Fsp3) is 0.600. The topological polar surface area (TPSA) is 32.8 Å². The van der Waals surface area contributed by atoms with Crippen LogP contribution in [0.2, 0.25) is 0 Å². The van der Waals surface area contributed by atoms with Gasteiger partial charge in [0.25, 0.3) is 0 Å². The molecule has 2 unspecified atom stereocenters. The Morgan fingerprint density at radius 1 is 1.48 bits per heavy atom. The lowest BCUT2D eigenvalue weighted by Gasteiger charge is -2.41. The highest BCUT2D eigenvalue weighted by Gasteiger charge is 2.30. The van der Waals surface area contributed by atoms with Crippen LogP contribution >= 0.6 is 11.3 Å². The summed E-state index contributed by atoms with van der Waals surface area (Å²) in [5.74, 6) is 0.705. The predicted molar refractivity (Wildman–Crippen MR) is 88.4 cm³/mol. The summed E-state index contributed by atoms with van der Waals surface area (Å²) in [7, 11) is -1.06. The summed E-state index contributed by atoms with van der Waals surface area (Å²) in [6.45, 7) is 14.5. The van der Waals surface area contributed by atoms with Crippen molar-refractivity contribution in [3.8, 4) is 0 Å². The lowest BCUT2D eigenvalue weighted by Crippen LogP contribution is -2.52. The highest BCUT2D eigenvalue weighted by Crippen LogP contribution is 2.24. The van der Waals surface area contributed by atoms with E-state index in [0.717, 1.165) is 23.8 Å². The zero-order valence-corrected chi connectivity index (χ0v) is 14.8. The summed E-state index contributed by atoms with van der Waals surface area (Å²) >= 11 is 1.54. The van der Waals surface area contributed by atoms with E-state index in [2.05, 4.69) is 18.4 Å². The number of rotatable bonds is 4. The molecular weight excluding hydrogens is 304 g/mol. The monoisotopic (exact) mass is 328 g/mol. The van der Waals surface area contributed by atoms with Gasteiger partial charge in [0.1, 0.15) is 20.8 Å². The Balaban J connectivity index is 1.96. The summed E-state index contributed by atoms with van der Waals surface area (Å²) < 4.78 is 21.3. The highest BCUT2D eigenvalue weighted by atomic mass is 32.2. The standard InChI is InChI=1S/C15H24N2O2S2/c1-12-11-16(13(2)19-15(3,4)5)8-9-17(12)21(18)14-7-6-10-20-14/h6-7,10,12H,2,8-9,11H2,1,3-5H3. The summed E-state index contributed by atoms with van der Waals surface area (Å²) in [5, 5.41) is 1.97. The minimum atomic E-state index is -1.06. The van der Waals surface area contributed by atoms with Gasteiger partial charge in [-0.25, -0.2) is 8.51 Å². The molecule has 1 aliphatic heterocycles. The summed E-state index contributed by atoms with van der Waals surface area (Å²) in [6.07, 6.45) is 0. The average Bonchev–Trinajstić information content (AvgIpc) is 2.89. The molecule has 1 aromatic heterocycles. The van der Waals surface area contributed by atoms with Crippen molar-refractivity contribution >= 4 is 22.3 Å². The van der Waals surface area contributed by atoms with E-state index in [1.54, 1.807) is 11.3 Å². The van der Waals surface area contributed by atoms with Gasteiger partial charge in [-0.05, 0) is 45.7 Å².